The van der Waals surface area contributed by atoms with E-state index < -0.39 is 17.7 Å². The third-order valence-corrected chi connectivity index (χ3v) is 3.00. The van der Waals surface area contributed by atoms with Gasteiger partial charge >= 0.3 is 12.1 Å². The van der Waals surface area contributed by atoms with E-state index in [1.165, 1.54) is 25.5 Å². The Labute approximate surface area is 136 Å². The first kappa shape index (κ1) is 17.5. The zero-order valence-corrected chi connectivity index (χ0v) is 12.7. The van der Waals surface area contributed by atoms with Gasteiger partial charge in [-0.2, -0.15) is 13.2 Å². The molecule has 7 heteroatoms. The number of esters is 1. The van der Waals surface area contributed by atoms with Gasteiger partial charge in [-0.15, -0.1) is 0 Å². The Hall–Kier alpha value is -2.83. The smallest absolute Gasteiger partial charge is 0.416 e. The van der Waals surface area contributed by atoms with E-state index >= 15 is 0 Å². The third kappa shape index (κ3) is 5.12. The molecule has 24 heavy (non-hydrogen) atoms. The van der Waals surface area contributed by atoms with Gasteiger partial charge in [0, 0.05) is 6.21 Å². The number of carbonyl (C=O) groups excluding carboxylic acids is 1. The molecule has 4 nitrogen and oxygen atoms in total. The molecule has 0 spiro atoms. The zero-order valence-electron chi connectivity index (χ0n) is 12.7. The van der Waals surface area contributed by atoms with Crippen molar-refractivity contribution in [2.45, 2.75) is 6.18 Å². The first-order valence-corrected chi connectivity index (χ1v) is 6.89. The fraction of sp³-hybridized carbons (Fsp3) is 0.176. The predicted molar refractivity (Wildman–Crippen MR) is 82.7 cm³/mol. The van der Waals surface area contributed by atoms with Gasteiger partial charge in [0.15, 0.2) is 6.61 Å². The van der Waals surface area contributed by atoms with E-state index in [2.05, 4.69) is 9.73 Å². The Kier molecular flexibility index (Phi) is 5.57. The highest BCUT2D eigenvalue weighted by Gasteiger charge is 2.30. The minimum absolute atomic E-state index is 0.200. The molecule has 0 heterocycles. The number of halogens is 3. The van der Waals surface area contributed by atoms with Crippen molar-refractivity contribution < 1.29 is 27.4 Å². The second-order valence-electron chi connectivity index (χ2n) is 4.74. The second kappa shape index (κ2) is 7.63. The molecule has 126 valence electrons. The molecule has 2 aromatic carbocycles. The minimum atomic E-state index is -4.40. The Balaban J connectivity index is 2.03. The van der Waals surface area contributed by atoms with Crippen LogP contribution in [0.15, 0.2) is 53.5 Å². The molecule has 0 N–H and O–H groups in total. The molecule has 0 bridgehead atoms. The molecule has 0 aliphatic heterocycles. The highest BCUT2D eigenvalue weighted by atomic mass is 19.4. The first-order chi connectivity index (χ1) is 11.4. The van der Waals surface area contributed by atoms with Gasteiger partial charge < -0.3 is 9.47 Å². The van der Waals surface area contributed by atoms with Crippen molar-refractivity contribution >= 4 is 17.9 Å². The lowest BCUT2D eigenvalue weighted by Gasteiger charge is -2.06. The monoisotopic (exact) mass is 337 g/mol. The van der Waals surface area contributed by atoms with Crippen LogP contribution in [0.5, 0.6) is 5.75 Å². The van der Waals surface area contributed by atoms with Gasteiger partial charge in [0.05, 0.1) is 18.4 Å². The SMILES string of the molecule is COC(=O)COc1ccc(C=Nc2cccc(C(F)(F)F)c2)cc1. The van der Waals surface area contributed by atoms with E-state index in [1.54, 1.807) is 24.3 Å². The highest BCUT2D eigenvalue weighted by Crippen LogP contribution is 2.31. The van der Waals surface area contributed by atoms with Crippen molar-refractivity contribution in [2.75, 3.05) is 13.7 Å². The fourth-order valence-corrected chi connectivity index (χ4v) is 1.76. The Bertz CT molecular complexity index is 725. The van der Waals surface area contributed by atoms with Crippen LogP contribution in [0.2, 0.25) is 0 Å². The van der Waals surface area contributed by atoms with Crippen LogP contribution in [0, 0.1) is 0 Å². The maximum absolute atomic E-state index is 12.6. The van der Waals surface area contributed by atoms with Gasteiger partial charge in [-0.1, -0.05) is 6.07 Å². The molecule has 2 rings (SSSR count). The fourth-order valence-electron chi connectivity index (χ4n) is 1.76. The number of methoxy groups -OCH3 is 1. The number of benzene rings is 2. The Morgan fingerprint density at radius 3 is 2.50 bits per heavy atom. The van der Waals surface area contributed by atoms with Crippen LogP contribution in [0.1, 0.15) is 11.1 Å². The number of nitrogens with zero attached hydrogens (tertiary/aromatic N) is 1. The number of hydrogen-bond donors (Lipinski definition) is 0. The summed E-state index contributed by atoms with van der Waals surface area (Å²) in [7, 11) is 1.26. The highest BCUT2D eigenvalue weighted by molar-refractivity contribution is 5.82. The number of rotatable bonds is 5. The van der Waals surface area contributed by atoms with Crippen molar-refractivity contribution in [3.05, 3.63) is 59.7 Å². The summed E-state index contributed by atoms with van der Waals surface area (Å²) in [5, 5.41) is 0. The first-order valence-electron chi connectivity index (χ1n) is 6.89. The van der Waals surface area contributed by atoms with E-state index in [0.717, 1.165) is 12.1 Å². The molecule has 0 amide bonds. The van der Waals surface area contributed by atoms with Gasteiger partial charge in [0.2, 0.25) is 0 Å². The third-order valence-electron chi connectivity index (χ3n) is 3.00. The summed E-state index contributed by atoms with van der Waals surface area (Å²) in [6, 6.07) is 11.3. The summed E-state index contributed by atoms with van der Waals surface area (Å²) in [5.41, 5.74) is 0.136. The predicted octanol–water partition coefficient (Wildman–Crippen LogP) is 4.01. The van der Waals surface area contributed by atoms with E-state index in [1.807, 2.05) is 0 Å². The zero-order chi connectivity index (χ0) is 17.6. The number of alkyl halides is 3. The van der Waals surface area contributed by atoms with Crippen LogP contribution < -0.4 is 4.74 Å². The molecule has 0 saturated carbocycles. The lowest BCUT2D eigenvalue weighted by Crippen LogP contribution is -2.12. The van der Waals surface area contributed by atoms with Crippen LogP contribution >= 0.6 is 0 Å². The largest absolute Gasteiger partial charge is 0.482 e. The molecule has 0 radical (unpaired) electrons. The van der Waals surface area contributed by atoms with Crippen LogP contribution in [-0.2, 0) is 15.7 Å². The molecule has 0 aliphatic carbocycles. The van der Waals surface area contributed by atoms with Gasteiger partial charge in [-0.3, -0.25) is 4.99 Å². The van der Waals surface area contributed by atoms with Crippen molar-refractivity contribution in [1.29, 1.82) is 0 Å². The molecule has 0 aliphatic rings. The van der Waals surface area contributed by atoms with E-state index in [9.17, 15) is 18.0 Å². The summed E-state index contributed by atoms with van der Waals surface area (Å²) >= 11 is 0. The topological polar surface area (TPSA) is 47.9 Å². The number of ether oxygens (including phenoxy) is 2. The van der Waals surface area contributed by atoms with Crippen molar-refractivity contribution in [2.24, 2.45) is 4.99 Å². The van der Waals surface area contributed by atoms with Gasteiger partial charge in [-0.25, -0.2) is 4.79 Å². The van der Waals surface area contributed by atoms with E-state index in [4.69, 9.17) is 4.74 Å². The van der Waals surface area contributed by atoms with Gasteiger partial charge in [-0.05, 0) is 48.0 Å². The van der Waals surface area contributed by atoms with Crippen LogP contribution in [0.3, 0.4) is 0 Å². The molecule has 0 atom stereocenters. The minimum Gasteiger partial charge on any atom is -0.482 e. The summed E-state index contributed by atoms with van der Waals surface area (Å²) in [6.07, 6.45) is -2.95. The van der Waals surface area contributed by atoms with Crippen LogP contribution in [0.4, 0.5) is 18.9 Å². The summed E-state index contributed by atoms with van der Waals surface area (Å²) in [4.78, 5) is 15.0. The lowest BCUT2D eigenvalue weighted by molar-refractivity contribution is -0.143. The molecular formula is C17H14F3NO3. The molecule has 2 aromatic rings. The van der Waals surface area contributed by atoms with E-state index in [0.29, 0.717) is 11.3 Å². The molecule has 0 unspecified atom stereocenters. The number of aliphatic imine (C=N–C) groups is 1. The summed E-state index contributed by atoms with van der Waals surface area (Å²) in [5.74, 6) is -0.0261. The average molecular weight is 337 g/mol. The number of carbonyl (C=O) groups is 1. The normalized spacial score (nSPS) is 11.5. The molecule has 0 saturated heterocycles. The maximum Gasteiger partial charge on any atom is 0.416 e. The molecular weight excluding hydrogens is 323 g/mol. The quantitative estimate of drug-likeness (QED) is 0.612. The lowest BCUT2D eigenvalue weighted by atomic mass is 10.2. The van der Waals surface area contributed by atoms with E-state index in [-0.39, 0.29) is 12.3 Å². The van der Waals surface area contributed by atoms with Crippen molar-refractivity contribution in [1.82, 2.24) is 0 Å². The molecule has 0 aromatic heterocycles. The number of hydrogen-bond acceptors (Lipinski definition) is 4. The maximum atomic E-state index is 12.6. The van der Waals surface area contributed by atoms with Crippen LogP contribution in [0.25, 0.3) is 0 Å². The standard InChI is InChI=1S/C17H14F3NO3/c1-23-16(22)11-24-15-7-5-12(6-8-15)10-21-14-4-2-3-13(9-14)17(18,19)20/h2-10H,11H2,1H3. The Morgan fingerprint density at radius 1 is 1.17 bits per heavy atom. The average Bonchev–Trinajstić information content (AvgIpc) is 2.58. The van der Waals surface area contributed by atoms with Gasteiger partial charge in [0.25, 0.3) is 0 Å². The second-order valence-corrected chi connectivity index (χ2v) is 4.74. The van der Waals surface area contributed by atoms with Crippen molar-refractivity contribution in [3.63, 3.8) is 0 Å². The van der Waals surface area contributed by atoms with Gasteiger partial charge in [0.1, 0.15) is 5.75 Å². The Morgan fingerprint density at radius 2 is 1.88 bits per heavy atom. The van der Waals surface area contributed by atoms with Crippen molar-refractivity contribution in [3.8, 4) is 5.75 Å². The van der Waals surface area contributed by atoms with Crippen LogP contribution in [-0.4, -0.2) is 25.9 Å². The summed E-state index contributed by atoms with van der Waals surface area (Å²) in [6.45, 7) is -0.200. The summed E-state index contributed by atoms with van der Waals surface area (Å²) < 4.78 is 47.5. The molecule has 0 fully saturated rings.